The Morgan fingerprint density at radius 2 is 1.71 bits per heavy atom. The van der Waals surface area contributed by atoms with Gasteiger partial charge in [-0.05, 0) is 52.4 Å². The Kier molecular flexibility index (Phi) is 4.63. The lowest BCUT2D eigenvalue weighted by Gasteiger charge is -2.15. The molecule has 2 aromatic rings. The van der Waals surface area contributed by atoms with Crippen LogP contribution in [0.2, 0.25) is 0 Å². The summed E-state index contributed by atoms with van der Waals surface area (Å²) >= 11 is 9.13. The van der Waals surface area contributed by atoms with Crippen LogP contribution in [0.25, 0.3) is 0 Å². The molecule has 0 radical (unpaired) electrons. The minimum absolute atomic E-state index is 0.616. The van der Waals surface area contributed by atoms with Crippen molar-refractivity contribution in [1.82, 2.24) is 0 Å². The van der Waals surface area contributed by atoms with Crippen molar-refractivity contribution in [1.29, 1.82) is 0 Å². The first-order chi connectivity index (χ1) is 8.09. The van der Waals surface area contributed by atoms with E-state index in [4.69, 9.17) is 0 Å². The molecule has 0 saturated carbocycles. The SMILES string of the molecule is OC(c1cc(Br)ccc1Br)c1ccccc1I. The molecule has 0 fully saturated rings. The monoisotopic (exact) mass is 466 g/mol. The number of aliphatic hydroxyl groups excluding tert-OH is 1. The van der Waals surface area contributed by atoms with Gasteiger partial charge in [-0.2, -0.15) is 0 Å². The molecule has 17 heavy (non-hydrogen) atoms. The maximum atomic E-state index is 10.4. The van der Waals surface area contributed by atoms with Crippen LogP contribution in [-0.2, 0) is 0 Å². The first kappa shape index (κ1) is 13.5. The van der Waals surface area contributed by atoms with Crippen LogP contribution in [0.1, 0.15) is 17.2 Å². The zero-order chi connectivity index (χ0) is 12.4. The van der Waals surface area contributed by atoms with Crippen molar-refractivity contribution in [3.63, 3.8) is 0 Å². The summed E-state index contributed by atoms with van der Waals surface area (Å²) in [5.41, 5.74) is 1.79. The summed E-state index contributed by atoms with van der Waals surface area (Å²) in [6.45, 7) is 0. The van der Waals surface area contributed by atoms with Gasteiger partial charge in [0.1, 0.15) is 6.10 Å². The maximum Gasteiger partial charge on any atom is 0.106 e. The molecular weight excluding hydrogens is 459 g/mol. The minimum Gasteiger partial charge on any atom is -0.384 e. The summed E-state index contributed by atoms with van der Waals surface area (Å²) in [5, 5.41) is 10.4. The quantitative estimate of drug-likeness (QED) is 0.623. The Labute approximate surface area is 131 Å². The summed E-state index contributed by atoms with van der Waals surface area (Å²) in [6.07, 6.45) is -0.616. The van der Waals surface area contributed by atoms with Crippen LogP contribution in [0.5, 0.6) is 0 Å². The first-order valence-electron chi connectivity index (χ1n) is 4.97. The number of benzene rings is 2. The molecule has 0 spiro atoms. The lowest BCUT2D eigenvalue weighted by molar-refractivity contribution is 0.218. The van der Waals surface area contributed by atoms with E-state index in [1.807, 2.05) is 42.5 Å². The molecule has 0 aliphatic rings. The molecule has 1 atom stereocenters. The molecular formula is C13H9Br2IO. The van der Waals surface area contributed by atoms with E-state index in [0.29, 0.717) is 0 Å². The average molecular weight is 468 g/mol. The largest absolute Gasteiger partial charge is 0.384 e. The molecule has 1 unspecified atom stereocenters. The highest BCUT2D eigenvalue weighted by Crippen LogP contribution is 2.32. The standard InChI is InChI=1S/C13H9Br2IO/c14-8-5-6-11(15)10(7-8)13(17)9-3-1-2-4-12(9)16/h1-7,13,17H. The average Bonchev–Trinajstić information content (AvgIpc) is 2.32. The molecule has 0 amide bonds. The second-order valence-electron chi connectivity index (χ2n) is 3.59. The summed E-state index contributed by atoms with van der Waals surface area (Å²) in [5.74, 6) is 0. The smallest absolute Gasteiger partial charge is 0.106 e. The van der Waals surface area contributed by atoms with Crippen LogP contribution < -0.4 is 0 Å². The molecule has 4 heteroatoms. The fourth-order valence-corrected chi connectivity index (χ4v) is 3.11. The third-order valence-electron chi connectivity index (χ3n) is 2.45. The highest BCUT2D eigenvalue weighted by Gasteiger charge is 2.16. The summed E-state index contributed by atoms with van der Waals surface area (Å²) < 4.78 is 2.93. The number of hydrogen-bond acceptors (Lipinski definition) is 1. The molecule has 0 heterocycles. The van der Waals surface area contributed by atoms with E-state index in [2.05, 4.69) is 54.5 Å². The molecule has 0 bridgehead atoms. The predicted molar refractivity (Wildman–Crippen MR) is 85.1 cm³/mol. The lowest BCUT2D eigenvalue weighted by atomic mass is 10.0. The Balaban J connectivity index is 2.47. The van der Waals surface area contributed by atoms with Crippen molar-refractivity contribution in [2.24, 2.45) is 0 Å². The molecule has 0 saturated heterocycles. The van der Waals surface area contributed by atoms with E-state index in [9.17, 15) is 5.11 Å². The molecule has 2 rings (SSSR count). The van der Waals surface area contributed by atoms with E-state index in [-0.39, 0.29) is 0 Å². The van der Waals surface area contributed by atoms with Gasteiger partial charge in [0.2, 0.25) is 0 Å². The normalized spacial score (nSPS) is 12.5. The topological polar surface area (TPSA) is 20.2 Å². The number of aliphatic hydroxyl groups is 1. The van der Waals surface area contributed by atoms with Gasteiger partial charge in [0.25, 0.3) is 0 Å². The zero-order valence-corrected chi connectivity index (χ0v) is 14.0. The van der Waals surface area contributed by atoms with Crippen LogP contribution >= 0.6 is 54.5 Å². The van der Waals surface area contributed by atoms with E-state index in [1.54, 1.807) is 0 Å². The van der Waals surface area contributed by atoms with Gasteiger partial charge in [-0.15, -0.1) is 0 Å². The molecule has 2 aromatic carbocycles. The van der Waals surface area contributed by atoms with Gasteiger partial charge >= 0.3 is 0 Å². The third kappa shape index (κ3) is 3.10. The Morgan fingerprint density at radius 1 is 1.00 bits per heavy atom. The summed E-state index contributed by atoms with van der Waals surface area (Å²) in [7, 11) is 0. The van der Waals surface area contributed by atoms with Gasteiger partial charge in [-0.3, -0.25) is 0 Å². The van der Waals surface area contributed by atoms with Crippen molar-refractivity contribution < 1.29 is 5.11 Å². The van der Waals surface area contributed by atoms with Crippen molar-refractivity contribution in [3.8, 4) is 0 Å². The zero-order valence-electron chi connectivity index (χ0n) is 8.70. The van der Waals surface area contributed by atoms with Crippen molar-refractivity contribution in [2.75, 3.05) is 0 Å². The van der Waals surface area contributed by atoms with Gasteiger partial charge in [-0.25, -0.2) is 0 Å². The van der Waals surface area contributed by atoms with Crippen LogP contribution in [0.3, 0.4) is 0 Å². The number of halogens is 3. The van der Waals surface area contributed by atoms with Gasteiger partial charge in [0.15, 0.2) is 0 Å². The Hall–Kier alpha value is 0.0900. The molecule has 0 aliphatic carbocycles. The highest BCUT2D eigenvalue weighted by molar-refractivity contribution is 14.1. The summed E-state index contributed by atoms with van der Waals surface area (Å²) in [6, 6.07) is 13.6. The fourth-order valence-electron chi connectivity index (χ4n) is 1.59. The molecule has 1 nitrogen and oxygen atoms in total. The molecule has 88 valence electrons. The van der Waals surface area contributed by atoms with Gasteiger partial charge < -0.3 is 5.11 Å². The van der Waals surface area contributed by atoms with Crippen molar-refractivity contribution in [2.45, 2.75) is 6.10 Å². The van der Waals surface area contributed by atoms with Crippen molar-refractivity contribution >= 4 is 54.5 Å². The second-order valence-corrected chi connectivity index (χ2v) is 6.52. The van der Waals surface area contributed by atoms with E-state index < -0.39 is 6.10 Å². The van der Waals surface area contributed by atoms with Crippen LogP contribution in [0, 0.1) is 3.57 Å². The number of hydrogen-bond donors (Lipinski definition) is 1. The van der Waals surface area contributed by atoms with Crippen molar-refractivity contribution in [3.05, 3.63) is 66.1 Å². The Bertz CT molecular complexity index is 543. The molecule has 1 N–H and O–H groups in total. The van der Waals surface area contributed by atoms with E-state index in [0.717, 1.165) is 23.6 Å². The maximum absolute atomic E-state index is 10.4. The second kappa shape index (κ2) is 5.82. The van der Waals surface area contributed by atoms with Gasteiger partial charge in [-0.1, -0.05) is 50.1 Å². The first-order valence-corrected chi connectivity index (χ1v) is 7.63. The fraction of sp³-hybridized carbons (Fsp3) is 0.0769. The Morgan fingerprint density at radius 3 is 2.41 bits per heavy atom. The highest BCUT2D eigenvalue weighted by atomic mass is 127. The predicted octanol–water partition coefficient (Wildman–Crippen LogP) is 4.90. The van der Waals surface area contributed by atoms with E-state index in [1.165, 1.54) is 0 Å². The minimum atomic E-state index is -0.616. The van der Waals surface area contributed by atoms with Crippen LogP contribution in [0.15, 0.2) is 51.4 Å². The third-order valence-corrected chi connectivity index (χ3v) is 4.65. The molecule has 0 aliphatic heterocycles. The lowest BCUT2D eigenvalue weighted by Crippen LogP contribution is -2.02. The van der Waals surface area contributed by atoms with Gasteiger partial charge in [0.05, 0.1) is 0 Å². The summed E-state index contributed by atoms with van der Waals surface area (Å²) in [4.78, 5) is 0. The van der Waals surface area contributed by atoms with Gasteiger partial charge in [0, 0.05) is 18.1 Å². The number of rotatable bonds is 2. The van der Waals surface area contributed by atoms with Crippen LogP contribution in [0.4, 0.5) is 0 Å². The van der Waals surface area contributed by atoms with Crippen LogP contribution in [-0.4, -0.2) is 5.11 Å². The van der Waals surface area contributed by atoms with E-state index >= 15 is 0 Å². The molecule has 0 aromatic heterocycles.